The first-order valence-corrected chi connectivity index (χ1v) is 6.09. The lowest BCUT2D eigenvalue weighted by molar-refractivity contribution is -0.384. The van der Waals surface area contributed by atoms with E-state index in [-0.39, 0.29) is 11.5 Å². The highest BCUT2D eigenvalue weighted by molar-refractivity contribution is 5.54. The number of nitrogens with zero attached hydrogens (tertiary/aromatic N) is 3. The first-order valence-electron chi connectivity index (χ1n) is 6.09. The van der Waals surface area contributed by atoms with Crippen molar-refractivity contribution in [1.29, 1.82) is 0 Å². The SMILES string of the molecule is COCc1ccccc1CNc1nn(C)cc1[N+](=O)[O-]. The van der Waals surface area contributed by atoms with E-state index < -0.39 is 4.92 Å². The van der Waals surface area contributed by atoms with Crippen molar-refractivity contribution in [1.82, 2.24) is 9.78 Å². The van der Waals surface area contributed by atoms with Gasteiger partial charge in [0.2, 0.25) is 5.82 Å². The number of aryl methyl sites for hydroxylation is 1. The lowest BCUT2D eigenvalue weighted by atomic mass is 10.1. The number of methoxy groups -OCH3 is 1. The van der Waals surface area contributed by atoms with E-state index in [4.69, 9.17) is 4.74 Å². The Balaban J connectivity index is 2.15. The Bertz CT molecular complexity index is 609. The van der Waals surface area contributed by atoms with Crippen molar-refractivity contribution < 1.29 is 9.66 Å². The van der Waals surface area contributed by atoms with Gasteiger partial charge in [0.15, 0.2) is 0 Å². The third-order valence-electron chi connectivity index (χ3n) is 2.87. The van der Waals surface area contributed by atoms with Gasteiger partial charge in [-0.1, -0.05) is 24.3 Å². The number of rotatable bonds is 6. The molecule has 7 nitrogen and oxygen atoms in total. The second-order valence-electron chi connectivity index (χ2n) is 4.35. The molecule has 0 aliphatic heterocycles. The van der Waals surface area contributed by atoms with E-state index in [1.54, 1.807) is 14.2 Å². The molecule has 0 aliphatic rings. The van der Waals surface area contributed by atoms with E-state index >= 15 is 0 Å². The number of nitro groups is 1. The van der Waals surface area contributed by atoms with Crippen molar-refractivity contribution in [2.75, 3.05) is 12.4 Å². The third-order valence-corrected chi connectivity index (χ3v) is 2.87. The summed E-state index contributed by atoms with van der Waals surface area (Å²) in [6.45, 7) is 0.958. The fourth-order valence-corrected chi connectivity index (χ4v) is 1.94. The standard InChI is InChI=1S/C13H16N4O3/c1-16-8-12(17(18)19)13(15-16)14-7-10-5-3-4-6-11(10)9-20-2/h3-6,8H,7,9H2,1-2H3,(H,14,15). The van der Waals surface area contributed by atoms with Crippen molar-refractivity contribution >= 4 is 11.5 Å². The minimum atomic E-state index is -0.448. The number of nitrogens with one attached hydrogen (secondary N) is 1. The minimum Gasteiger partial charge on any atom is -0.380 e. The Labute approximate surface area is 116 Å². The van der Waals surface area contributed by atoms with Crippen LogP contribution in [0.4, 0.5) is 11.5 Å². The number of hydrogen-bond donors (Lipinski definition) is 1. The van der Waals surface area contributed by atoms with Crippen LogP contribution in [0.5, 0.6) is 0 Å². The van der Waals surface area contributed by atoms with Gasteiger partial charge in [-0.15, -0.1) is 5.10 Å². The average molecular weight is 276 g/mol. The molecule has 7 heteroatoms. The highest BCUT2D eigenvalue weighted by atomic mass is 16.6. The van der Waals surface area contributed by atoms with Crippen molar-refractivity contribution in [3.05, 3.63) is 51.7 Å². The van der Waals surface area contributed by atoms with Gasteiger partial charge >= 0.3 is 5.69 Å². The Kier molecular flexibility index (Phi) is 4.31. The zero-order valence-electron chi connectivity index (χ0n) is 11.4. The van der Waals surface area contributed by atoms with E-state index in [2.05, 4.69) is 10.4 Å². The number of benzene rings is 1. The number of ether oxygens (including phenoxy) is 1. The van der Waals surface area contributed by atoms with Crippen LogP contribution in [-0.4, -0.2) is 21.8 Å². The molecule has 1 heterocycles. The van der Waals surface area contributed by atoms with Crippen LogP contribution in [0.1, 0.15) is 11.1 Å². The predicted molar refractivity (Wildman–Crippen MR) is 74.3 cm³/mol. The maximum Gasteiger partial charge on any atom is 0.330 e. The van der Waals surface area contributed by atoms with Gasteiger partial charge in [-0.05, 0) is 11.1 Å². The van der Waals surface area contributed by atoms with Gasteiger partial charge in [0.05, 0.1) is 11.5 Å². The normalized spacial score (nSPS) is 10.5. The zero-order chi connectivity index (χ0) is 14.5. The molecule has 0 spiro atoms. The predicted octanol–water partition coefficient (Wildman–Crippen LogP) is 2.09. The van der Waals surface area contributed by atoms with E-state index in [1.807, 2.05) is 24.3 Å². The van der Waals surface area contributed by atoms with Crippen LogP contribution in [0.15, 0.2) is 30.5 Å². The van der Waals surface area contributed by atoms with Gasteiger partial charge < -0.3 is 10.1 Å². The highest BCUT2D eigenvalue weighted by Gasteiger charge is 2.18. The van der Waals surface area contributed by atoms with Crippen LogP contribution in [0.25, 0.3) is 0 Å². The molecule has 0 saturated carbocycles. The smallest absolute Gasteiger partial charge is 0.330 e. The van der Waals surface area contributed by atoms with E-state index in [9.17, 15) is 10.1 Å². The Hall–Kier alpha value is -2.41. The molecule has 0 aliphatic carbocycles. The molecule has 20 heavy (non-hydrogen) atoms. The second-order valence-corrected chi connectivity index (χ2v) is 4.35. The third kappa shape index (κ3) is 3.12. The molecule has 2 aromatic rings. The average Bonchev–Trinajstić information content (AvgIpc) is 2.79. The Morgan fingerprint density at radius 3 is 2.75 bits per heavy atom. The van der Waals surface area contributed by atoms with Gasteiger partial charge in [-0.3, -0.25) is 14.8 Å². The second kappa shape index (κ2) is 6.16. The summed E-state index contributed by atoms with van der Waals surface area (Å²) in [7, 11) is 3.28. The van der Waals surface area contributed by atoms with Gasteiger partial charge in [0.1, 0.15) is 6.20 Å². The molecule has 0 saturated heterocycles. The molecule has 0 bridgehead atoms. The first kappa shape index (κ1) is 14.0. The molecular formula is C13H16N4O3. The fraction of sp³-hybridized carbons (Fsp3) is 0.308. The quantitative estimate of drug-likeness (QED) is 0.645. The maximum atomic E-state index is 10.9. The largest absolute Gasteiger partial charge is 0.380 e. The lowest BCUT2D eigenvalue weighted by Gasteiger charge is -2.09. The van der Waals surface area contributed by atoms with E-state index in [1.165, 1.54) is 10.9 Å². The fourth-order valence-electron chi connectivity index (χ4n) is 1.94. The van der Waals surface area contributed by atoms with Crippen LogP contribution in [0.3, 0.4) is 0 Å². The van der Waals surface area contributed by atoms with Crippen molar-refractivity contribution in [2.45, 2.75) is 13.2 Å². The Morgan fingerprint density at radius 2 is 2.10 bits per heavy atom. The molecule has 106 valence electrons. The summed E-state index contributed by atoms with van der Waals surface area (Å²) in [5.41, 5.74) is 2.03. The monoisotopic (exact) mass is 276 g/mol. The summed E-state index contributed by atoms with van der Waals surface area (Å²) < 4.78 is 6.55. The molecule has 0 atom stereocenters. The minimum absolute atomic E-state index is 0.0308. The molecule has 1 aromatic heterocycles. The van der Waals surface area contributed by atoms with Crippen molar-refractivity contribution in [2.24, 2.45) is 7.05 Å². The van der Waals surface area contributed by atoms with Gasteiger partial charge in [0, 0.05) is 20.7 Å². The van der Waals surface area contributed by atoms with Crippen LogP contribution < -0.4 is 5.32 Å². The summed E-state index contributed by atoms with van der Waals surface area (Å²) >= 11 is 0. The van der Waals surface area contributed by atoms with Gasteiger partial charge in [-0.2, -0.15) is 0 Å². The molecule has 1 aromatic carbocycles. The van der Waals surface area contributed by atoms with Gasteiger partial charge in [0.25, 0.3) is 0 Å². The summed E-state index contributed by atoms with van der Waals surface area (Å²) in [5.74, 6) is 0.268. The maximum absolute atomic E-state index is 10.9. The molecule has 1 N–H and O–H groups in total. The van der Waals surface area contributed by atoms with Crippen molar-refractivity contribution in [3.63, 3.8) is 0 Å². The molecule has 0 radical (unpaired) electrons. The molecule has 0 unspecified atom stereocenters. The van der Waals surface area contributed by atoms with Crippen LogP contribution in [0.2, 0.25) is 0 Å². The topological polar surface area (TPSA) is 82.2 Å². The summed E-state index contributed by atoms with van der Waals surface area (Å²) in [6, 6.07) is 7.77. The number of aromatic nitrogens is 2. The van der Waals surface area contributed by atoms with Crippen LogP contribution >= 0.6 is 0 Å². The highest BCUT2D eigenvalue weighted by Crippen LogP contribution is 2.22. The molecular weight excluding hydrogens is 260 g/mol. The lowest BCUT2D eigenvalue weighted by Crippen LogP contribution is -2.05. The Morgan fingerprint density at radius 1 is 1.40 bits per heavy atom. The number of anilines is 1. The molecule has 2 rings (SSSR count). The van der Waals surface area contributed by atoms with Crippen molar-refractivity contribution in [3.8, 4) is 0 Å². The van der Waals surface area contributed by atoms with Gasteiger partial charge in [-0.25, -0.2) is 0 Å². The number of hydrogen-bond acceptors (Lipinski definition) is 5. The first-order chi connectivity index (χ1) is 9.61. The zero-order valence-corrected chi connectivity index (χ0v) is 11.4. The summed E-state index contributed by atoms with van der Waals surface area (Å²) in [6.07, 6.45) is 1.38. The van der Waals surface area contributed by atoms with Crippen LogP contribution in [0, 0.1) is 10.1 Å². The van der Waals surface area contributed by atoms with E-state index in [0.717, 1.165) is 11.1 Å². The van der Waals surface area contributed by atoms with E-state index in [0.29, 0.717) is 13.2 Å². The van der Waals surface area contributed by atoms with Crippen LogP contribution in [-0.2, 0) is 24.9 Å². The summed E-state index contributed by atoms with van der Waals surface area (Å²) in [5, 5.41) is 18.0. The molecule has 0 amide bonds. The summed E-state index contributed by atoms with van der Waals surface area (Å²) in [4.78, 5) is 10.5. The molecule has 0 fully saturated rings.